The summed E-state index contributed by atoms with van der Waals surface area (Å²) in [4.78, 5) is 22.8. The summed E-state index contributed by atoms with van der Waals surface area (Å²) in [6.45, 7) is 1.75. The van der Waals surface area contributed by atoms with Crippen LogP contribution >= 0.6 is 11.6 Å². The number of anilines is 1. The molecule has 1 aromatic carbocycles. The molecule has 1 fully saturated rings. The van der Waals surface area contributed by atoms with Gasteiger partial charge in [0, 0.05) is 60.1 Å². The second-order valence-electron chi connectivity index (χ2n) is 7.10. The van der Waals surface area contributed by atoms with Crippen molar-refractivity contribution in [1.82, 2.24) is 14.9 Å². The molecule has 1 aliphatic heterocycles. The fourth-order valence-electron chi connectivity index (χ4n) is 3.78. The van der Waals surface area contributed by atoms with Crippen LogP contribution in [0.15, 0.2) is 42.7 Å². The molecule has 2 N–H and O–H groups in total. The zero-order chi connectivity index (χ0) is 21.5. The van der Waals surface area contributed by atoms with Crippen molar-refractivity contribution in [2.45, 2.75) is 12.2 Å². The molecule has 6 nitrogen and oxygen atoms in total. The minimum atomic E-state index is -4.43. The highest BCUT2D eigenvalue weighted by atomic mass is 35.5. The third kappa shape index (κ3) is 3.95. The van der Waals surface area contributed by atoms with Crippen molar-refractivity contribution in [1.29, 1.82) is 0 Å². The molecule has 1 saturated heterocycles. The minimum absolute atomic E-state index is 0.424. The first-order chi connectivity index (χ1) is 14.2. The number of rotatable bonds is 4. The Morgan fingerprint density at radius 1 is 1.17 bits per heavy atom. The summed E-state index contributed by atoms with van der Waals surface area (Å²) < 4.78 is 38.2. The molecule has 3 aromatic rings. The fourth-order valence-corrected chi connectivity index (χ4v) is 3.95. The standard InChI is InChI=1S/C20H18ClF3N4O2/c21-13-2-3-16-14(9-13)15(11-25-16)18(19(29)30)28-7-5-27(6-8-28)17-4-1-12(10-26-17)20(22,23)24/h1-4,9-11,18,25H,5-8H2,(H,29,30)/t18-/m1/s1. The molecule has 0 bridgehead atoms. The van der Waals surface area contributed by atoms with Gasteiger partial charge in [0.05, 0.1) is 5.56 Å². The predicted octanol–water partition coefficient (Wildman–Crippen LogP) is 4.18. The summed E-state index contributed by atoms with van der Waals surface area (Å²) >= 11 is 6.08. The van der Waals surface area contributed by atoms with Crippen LogP contribution < -0.4 is 4.90 Å². The van der Waals surface area contributed by atoms with Crippen LogP contribution in [0.4, 0.5) is 19.0 Å². The van der Waals surface area contributed by atoms with E-state index in [1.54, 1.807) is 24.4 Å². The largest absolute Gasteiger partial charge is 0.480 e. The summed E-state index contributed by atoms with van der Waals surface area (Å²) in [5.74, 6) is -0.537. The van der Waals surface area contributed by atoms with Crippen LogP contribution in [-0.4, -0.2) is 52.1 Å². The van der Waals surface area contributed by atoms with Gasteiger partial charge in [-0.2, -0.15) is 13.2 Å². The van der Waals surface area contributed by atoms with Crippen LogP contribution in [0.25, 0.3) is 10.9 Å². The predicted molar refractivity (Wildman–Crippen MR) is 107 cm³/mol. The second kappa shape index (κ2) is 7.81. The number of aromatic nitrogens is 2. The number of nitrogens with one attached hydrogen (secondary N) is 1. The van der Waals surface area contributed by atoms with E-state index < -0.39 is 23.8 Å². The first-order valence-corrected chi connectivity index (χ1v) is 9.63. The summed E-state index contributed by atoms with van der Waals surface area (Å²) in [6, 6.07) is 6.75. The summed E-state index contributed by atoms with van der Waals surface area (Å²) in [6.07, 6.45) is -1.93. The Morgan fingerprint density at radius 2 is 1.90 bits per heavy atom. The third-order valence-corrected chi connectivity index (χ3v) is 5.52. The zero-order valence-electron chi connectivity index (χ0n) is 15.7. The van der Waals surface area contributed by atoms with E-state index in [1.165, 1.54) is 6.07 Å². The van der Waals surface area contributed by atoms with Gasteiger partial charge < -0.3 is 15.0 Å². The first kappa shape index (κ1) is 20.5. The first-order valence-electron chi connectivity index (χ1n) is 9.25. The number of nitrogens with zero attached hydrogens (tertiary/aromatic N) is 3. The Bertz CT molecular complexity index is 1060. The molecular formula is C20H18ClF3N4O2. The molecule has 1 atom stereocenters. The number of carbonyl (C=O) groups is 1. The van der Waals surface area contributed by atoms with E-state index in [4.69, 9.17) is 11.6 Å². The number of hydrogen-bond donors (Lipinski definition) is 2. The molecule has 3 heterocycles. The number of fused-ring (bicyclic) bond motifs is 1. The lowest BCUT2D eigenvalue weighted by molar-refractivity contribution is -0.143. The maximum absolute atomic E-state index is 12.7. The third-order valence-electron chi connectivity index (χ3n) is 5.28. The maximum Gasteiger partial charge on any atom is 0.417 e. The van der Waals surface area contributed by atoms with Crippen LogP contribution in [0.3, 0.4) is 0 Å². The van der Waals surface area contributed by atoms with E-state index in [-0.39, 0.29) is 0 Å². The highest BCUT2D eigenvalue weighted by Crippen LogP contribution is 2.32. The molecule has 0 radical (unpaired) electrons. The van der Waals surface area contributed by atoms with E-state index in [9.17, 15) is 23.1 Å². The number of piperazine rings is 1. The van der Waals surface area contributed by atoms with Crippen molar-refractivity contribution in [3.63, 3.8) is 0 Å². The Balaban J connectivity index is 1.51. The van der Waals surface area contributed by atoms with Crippen molar-refractivity contribution in [3.8, 4) is 0 Å². The molecule has 0 unspecified atom stereocenters. The minimum Gasteiger partial charge on any atom is -0.480 e. The van der Waals surface area contributed by atoms with Gasteiger partial charge in [-0.15, -0.1) is 0 Å². The topological polar surface area (TPSA) is 72.5 Å². The van der Waals surface area contributed by atoms with Gasteiger partial charge in [0.2, 0.25) is 0 Å². The molecule has 0 amide bonds. The summed E-state index contributed by atoms with van der Waals surface area (Å²) in [7, 11) is 0. The Labute approximate surface area is 174 Å². The van der Waals surface area contributed by atoms with E-state index >= 15 is 0 Å². The number of alkyl halides is 3. The average Bonchev–Trinajstić information content (AvgIpc) is 3.11. The number of carboxylic acids is 1. The zero-order valence-corrected chi connectivity index (χ0v) is 16.4. The lowest BCUT2D eigenvalue weighted by Crippen LogP contribution is -2.49. The number of pyridine rings is 1. The molecule has 10 heteroatoms. The van der Waals surface area contributed by atoms with Crippen LogP contribution in [0, 0.1) is 0 Å². The molecular weight excluding hydrogens is 421 g/mol. The number of carboxylic acid groups (broad SMARTS) is 1. The van der Waals surface area contributed by atoms with E-state index in [2.05, 4.69) is 9.97 Å². The smallest absolute Gasteiger partial charge is 0.417 e. The highest BCUT2D eigenvalue weighted by molar-refractivity contribution is 6.31. The Kier molecular flexibility index (Phi) is 5.33. The number of hydrogen-bond acceptors (Lipinski definition) is 4. The number of aliphatic carboxylic acids is 1. The summed E-state index contributed by atoms with van der Waals surface area (Å²) in [5.41, 5.74) is 0.628. The van der Waals surface area contributed by atoms with Gasteiger partial charge in [0.1, 0.15) is 11.9 Å². The van der Waals surface area contributed by atoms with Gasteiger partial charge in [-0.1, -0.05) is 11.6 Å². The van der Waals surface area contributed by atoms with E-state index in [0.29, 0.717) is 42.6 Å². The Morgan fingerprint density at radius 3 is 2.50 bits per heavy atom. The number of aromatic amines is 1. The lowest BCUT2D eigenvalue weighted by Gasteiger charge is -2.38. The van der Waals surface area contributed by atoms with Crippen molar-refractivity contribution in [2.24, 2.45) is 0 Å². The molecule has 0 saturated carbocycles. The number of H-pyrrole nitrogens is 1. The Hall–Kier alpha value is -2.78. The van der Waals surface area contributed by atoms with Crippen LogP contribution in [0.5, 0.6) is 0 Å². The molecule has 1 aliphatic rings. The highest BCUT2D eigenvalue weighted by Gasteiger charge is 2.33. The van der Waals surface area contributed by atoms with Crippen molar-refractivity contribution in [2.75, 3.05) is 31.1 Å². The number of benzene rings is 1. The number of halogens is 4. The monoisotopic (exact) mass is 438 g/mol. The molecule has 30 heavy (non-hydrogen) atoms. The van der Waals surface area contributed by atoms with Gasteiger partial charge in [-0.3, -0.25) is 9.69 Å². The van der Waals surface area contributed by atoms with Gasteiger partial charge in [-0.05, 0) is 30.3 Å². The van der Waals surface area contributed by atoms with Crippen molar-refractivity contribution < 1.29 is 23.1 Å². The molecule has 0 aliphatic carbocycles. The molecule has 158 valence electrons. The van der Waals surface area contributed by atoms with Gasteiger partial charge in [-0.25, -0.2) is 4.98 Å². The van der Waals surface area contributed by atoms with Gasteiger partial charge >= 0.3 is 12.1 Å². The second-order valence-corrected chi connectivity index (χ2v) is 7.54. The average molecular weight is 439 g/mol. The quantitative estimate of drug-likeness (QED) is 0.639. The van der Waals surface area contributed by atoms with Crippen molar-refractivity contribution >= 4 is 34.3 Å². The van der Waals surface area contributed by atoms with Crippen molar-refractivity contribution in [3.05, 3.63) is 58.9 Å². The SMILES string of the molecule is O=C(O)[C@@H](c1c[nH]c2ccc(Cl)cc12)N1CCN(c2ccc(C(F)(F)F)cn2)CC1. The molecule has 0 spiro atoms. The fraction of sp³-hybridized carbons (Fsp3) is 0.300. The van der Waals surface area contributed by atoms with Crippen LogP contribution in [0.1, 0.15) is 17.2 Å². The lowest BCUT2D eigenvalue weighted by atomic mass is 10.0. The van der Waals surface area contributed by atoms with Gasteiger partial charge in [0.25, 0.3) is 0 Å². The van der Waals surface area contributed by atoms with Crippen LogP contribution in [-0.2, 0) is 11.0 Å². The van der Waals surface area contributed by atoms with E-state index in [0.717, 1.165) is 23.2 Å². The summed E-state index contributed by atoms with van der Waals surface area (Å²) in [5, 5.41) is 11.2. The maximum atomic E-state index is 12.7. The normalized spacial score (nSPS) is 16.7. The van der Waals surface area contributed by atoms with E-state index in [1.807, 2.05) is 9.80 Å². The molecule has 4 rings (SSSR count). The van der Waals surface area contributed by atoms with Gasteiger partial charge in [0.15, 0.2) is 0 Å². The van der Waals surface area contributed by atoms with Crippen LogP contribution in [0.2, 0.25) is 5.02 Å². The molecule has 2 aromatic heterocycles.